The first-order valence-corrected chi connectivity index (χ1v) is 9.63. The molecule has 0 atom stereocenters. The zero-order valence-electron chi connectivity index (χ0n) is 14.4. The maximum atomic E-state index is 12.1. The zero-order valence-corrected chi connectivity index (χ0v) is 15.9. The predicted molar refractivity (Wildman–Crippen MR) is 110 cm³/mol. The molecule has 2 N–H and O–H groups in total. The lowest BCUT2D eigenvalue weighted by Crippen LogP contribution is -2.24. The fraction of sp³-hybridized carbons (Fsp3) is 0.0952. The Bertz CT molecular complexity index is 1050. The van der Waals surface area contributed by atoms with E-state index in [0.717, 1.165) is 32.2 Å². The molecule has 6 heteroatoms. The van der Waals surface area contributed by atoms with Crippen molar-refractivity contribution in [3.8, 4) is 11.1 Å². The molecule has 0 fully saturated rings. The number of benzene rings is 2. The number of aliphatic imine (C=N–C) groups is 1. The van der Waals surface area contributed by atoms with Gasteiger partial charge in [0.05, 0.1) is 5.71 Å². The number of carbonyl (C=O) groups excluding carboxylic acids is 1. The fourth-order valence-electron chi connectivity index (χ4n) is 2.99. The third-order valence-corrected chi connectivity index (χ3v) is 5.55. The van der Waals surface area contributed by atoms with Gasteiger partial charge >= 0.3 is 0 Å². The van der Waals surface area contributed by atoms with Crippen LogP contribution in [0.15, 0.2) is 75.7 Å². The molecule has 0 saturated heterocycles. The van der Waals surface area contributed by atoms with Crippen molar-refractivity contribution in [1.82, 2.24) is 4.98 Å². The van der Waals surface area contributed by atoms with Gasteiger partial charge in [-0.15, -0.1) is 0 Å². The van der Waals surface area contributed by atoms with Gasteiger partial charge in [-0.25, -0.2) is 0 Å². The van der Waals surface area contributed by atoms with E-state index in [1.807, 2.05) is 54.9 Å². The van der Waals surface area contributed by atoms with Crippen LogP contribution < -0.4 is 5.73 Å². The fourth-order valence-corrected chi connectivity index (χ4v) is 3.96. The number of hydrogen-bond donors (Lipinski definition) is 1. The molecule has 0 bridgehead atoms. The van der Waals surface area contributed by atoms with Gasteiger partial charge in [0.25, 0.3) is 0 Å². The summed E-state index contributed by atoms with van der Waals surface area (Å²) >= 11 is 7.57. The molecule has 2 aromatic carbocycles. The number of Topliss-reactive ketones (excluding diaryl/α,β-unsaturated/α-hetero) is 1. The van der Waals surface area contributed by atoms with Gasteiger partial charge in [0, 0.05) is 50.4 Å². The second-order valence-electron chi connectivity index (χ2n) is 6.12. The van der Waals surface area contributed by atoms with Crippen molar-refractivity contribution in [1.29, 1.82) is 0 Å². The Hall–Kier alpha value is -2.47. The van der Waals surface area contributed by atoms with E-state index >= 15 is 0 Å². The van der Waals surface area contributed by atoms with Crippen LogP contribution in [-0.4, -0.2) is 29.6 Å². The summed E-state index contributed by atoms with van der Waals surface area (Å²) in [6, 6.07) is 15.6. The largest absolute Gasteiger partial charge is 0.325 e. The molecule has 1 aliphatic heterocycles. The van der Waals surface area contributed by atoms with E-state index in [4.69, 9.17) is 17.3 Å². The molecular weight excluding hydrogens is 378 g/mol. The predicted octanol–water partition coefficient (Wildman–Crippen LogP) is 4.50. The monoisotopic (exact) mass is 393 g/mol. The van der Waals surface area contributed by atoms with E-state index in [9.17, 15) is 4.79 Å². The van der Waals surface area contributed by atoms with Gasteiger partial charge in [-0.05, 0) is 42.0 Å². The highest BCUT2D eigenvalue weighted by molar-refractivity contribution is 7.99. The first-order chi connectivity index (χ1) is 13.1. The summed E-state index contributed by atoms with van der Waals surface area (Å²) in [7, 11) is 0. The van der Waals surface area contributed by atoms with E-state index in [0.29, 0.717) is 17.1 Å². The Morgan fingerprint density at radius 3 is 2.56 bits per heavy atom. The quantitative estimate of drug-likeness (QED) is 0.708. The van der Waals surface area contributed by atoms with Crippen molar-refractivity contribution >= 4 is 34.9 Å². The second-order valence-corrected chi connectivity index (χ2v) is 7.70. The molecule has 0 spiro atoms. The van der Waals surface area contributed by atoms with Crippen molar-refractivity contribution in [2.45, 2.75) is 9.79 Å². The van der Waals surface area contributed by atoms with E-state index in [2.05, 4.69) is 16.0 Å². The number of ketones is 1. The average molecular weight is 394 g/mol. The maximum Gasteiger partial charge on any atom is 0.184 e. The van der Waals surface area contributed by atoms with Gasteiger partial charge in [0.1, 0.15) is 6.54 Å². The van der Waals surface area contributed by atoms with Crippen LogP contribution in [0.25, 0.3) is 11.1 Å². The van der Waals surface area contributed by atoms with Crippen LogP contribution in [0.2, 0.25) is 5.02 Å². The molecule has 27 heavy (non-hydrogen) atoms. The van der Waals surface area contributed by atoms with E-state index in [1.165, 1.54) is 0 Å². The number of aromatic nitrogens is 1. The number of rotatable bonds is 4. The maximum absolute atomic E-state index is 12.1. The molecule has 0 amide bonds. The standard InChI is InChI=1S/C21H16ClN3OS/c22-15-2-4-16(5-3-15)27-17-7-14(10-24-11-17)13-1-6-18-19(8-13)20(9-23)25-12-21(18)26/h1-8,10-11H,9,12,23H2. The Morgan fingerprint density at radius 2 is 1.78 bits per heavy atom. The third kappa shape index (κ3) is 3.81. The number of nitrogens with two attached hydrogens (primary N) is 1. The van der Waals surface area contributed by atoms with Gasteiger partial charge in [-0.1, -0.05) is 35.5 Å². The second kappa shape index (κ2) is 7.64. The molecule has 1 aromatic heterocycles. The zero-order chi connectivity index (χ0) is 18.8. The normalized spacial score (nSPS) is 13.3. The Balaban J connectivity index is 1.67. The number of fused-ring (bicyclic) bond motifs is 1. The molecule has 0 saturated carbocycles. The Labute approximate surface area is 166 Å². The average Bonchev–Trinajstić information content (AvgIpc) is 2.70. The van der Waals surface area contributed by atoms with Gasteiger partial charge in [-0.3, -0.25) is 14.8 Å². The summed E-state index contributed by atoms with van der Waals surface area (Å²) in [5.74, 6) is 0.0268. The summed E-state index contributed by atoms with van der Waals surface area (Å²) < 4.78 is 0. The number of carbonyl (C=O) groups is 1. The molecule has 134 valence electrons. The lowest BCUT2D eigenvalue weighted by Gasteiger charge is -2.16. The van der Waals surface area contributed by atoms with Crippen LogP contribution in [0.5, 0.6) is 0 Å². The highest BCUT2D eigenvalue weighted by Gasteiger charge is 2.20. The summed E-state index contributed by atoms with van der Waals surface area (Å²) in [6.45, 7) is 0.488. The topological polar surface area (TPSA) is 68.3 Å². The molecule has 0 aliphatic carbocycles. The molecule has 4 rings (SSSR count). The number of pyridine rings is 1. The first kappa shape index (κ1) is 17.9. The summed E-state index contributed by atoms with van der Waals surface area (Å²) in [5.41, 5.74) is 10.0. The molecule has 0 radical (unpaired) electrons. The van der Waals surface area contributed by atoms with E-state index in [1.54, 1.807) is 11.8 Å². The van der Waals surface area contributed by atoms with Gasteiger partial charge in [-0.2, -0.15) is 0 Å². The number of hydrogen-bond acceptors (Lipinski definition) is 5. The minimum absolute atomic E-state index is 0.0268. The molecule has 4 nitrogen and oxygen atoms in total. The smallest absolute Gasteiger partial charge is 0.184 e. The van der Waals surface area contributed by atoms with Crippen LogP contribution in [-0.2, 0) is 0 Å². The molecular formula is C21H16ClN3OS. The van der Waals surface area contributed by atoms with Crippen LogP contribution in [0.1, 0.15) is 15.9 Å². The van der Waals surface area contributed by atoms with Crippen molar-refractivity contribution in [2.24, 2.45) is 10.7 Å². The Kier molecular flexibility index (Phi) is 5.07. The van der Waals surface area contributed by atoms with Crippen LogP contribution in [0.3, 0.4) is 0 Å². The summed E-state index contributed by atoms with van der Waals surface area (Å²) in [4.78, 5) is 22.9. The SMILES string of the molecule is NCC1=NCC(=O)c2ccc(-c3cncc(Sc4ccc(Cl)cc4)c3)cc21. The van der Waals surface area contributed by atoms with Crippen LogP contribution in [0.4, 0.5) is 0 Å². The van der Waals surface area contributed by atoms with Crippen molar-refractivity contribution in [2.75, 3.05) is 13.1 Å². The van der Waals surface area contributed by atoms with Crippen molar-refractivity contribution in [3.05, 3.63) is 77.1 Å². The number of halogens is 1. The van der Waals surface area contributed by atoms with Crippen molar-refractivity contribution in [3.63, 3.8) is 0 Å². The van der Waals surface area contributed by atoms with Crippen molar-refractivity contribution < 1.29 is 4.79 Å². The van der Waals surface area contributed by atoms with Crippen LogP contribution >= 0.6 is 23.4 Å². The van der Waals surface area contributed by atoms with Gasteiger partial charge < -0.3 is 5.73 Å². The highest BCUT2D eigenvalue weighted by Crippen LogP contribution is 2.32. The summed E-state index contributed by atoms with van der Waals surface area (Å²) in [5, 5.41) is 0.715. The molecule has 2 heterocycles. The van der Waals surface area contributed by atoms with Gasteiger partial charge in [0.2, 0.25) is 0 Å². The van der Waals surface area contributed by atoms with E-state index < -0.39 is 0 Å². The van der Waals surface area contributed by atoms with Crippen LogP contribution in [0, 0.1) is 0 Å². The minimum Gasteiger partial charge on any atom is -0.325 e. The minimum atomic E-state index is 0.0268. The molecule has 0 unspecified atom stereocenters. The lowest BCUT2D eigenvalue weighted by atomic mass is 9.93. The molecule has 3 aromatic rings. The third-order valence-electron chi connectivity index (χ3n) is 4.33. The number of nitrogens with zero attached hydrogens (tertiary/aromatic N) is 2. The Morgan fingerprint density at radius 1 is 0.963 bits per heavy atom. The molecule has 1 aliphatic rings. The highest BCUT2D eigenvalue weighted by atomic mass is 35.5. The lowest BCUT2D eigenvalue weighted by molar-refractivity contribution is 0.1000. The van der Waals surface area contributed by atoms with Gasteiger partial charge in [0.15, 0.2) is 5.78 Å². The first-order valence-electron chi connectivity index (χ1n) is 8.44. The summed E-state index contributed by atoms with van der Waals surface area (Å²) in [6.07, 6.45) is 3.65. The van der Waals surface area contributed by atoms with E-state index in [-0.39, 0.29) is 12.3 Å².